The molecule has 1 aliphatic heterocycles. The van der Waals surface area contributed by atoms with Gasteiger partial charge in [0.15, 0.2) is 23.2 Å². The monoisotopic (exact) mass is 416 g/mol. The zero-order valence-corrected chi connectivity index (χ0v) is 15.2. The van der Waals surface area contributed by atoms with Crippen molar-refractivity contribution in [2.24, 2.45) is 0 Å². The minimum atomic E-state index is -3.66. The largest absolute Gasteiger partial charge is 0.394 e. The third-order valence-corrected chi connectivity index (χ3v) is 5.13. The predicted molar refractivity (Wildman–Crippen MR) is 101 cm³/mol. The molecule has 0 unspecified atom stereocenters. The third-order valence-electron chi connectivity index (χ3n) is 4.15. The minimum Gasteiger partial charge on any atom is -0.394 e. The van der Waals surface area contributed by atoms with Gasteiger partial charge in [-0.1, -0.05) is 14.0 Å². The maximum Gasteiger partial charge on any atom is 0.233 e. The van der Waals surface area contributed by atoms with Crippen molar-refractivity contribution >= 4 is 27.0 Å². The average molecular weight is 416 g/mol. The highest BCUT2D eigenvalue weighted by atomic mass is 32.2. The smallest absolute Gasteiger partial charge is 0.233 e. The number of imidazole rings is 1. The van der Waals surface area contributed by atoms with Crippen LogP contribution in [0.25, 0.3) is 11.2 Å². The molecule has 5 N–H and O–H groups in total. The maximum absolute atomic E-state index is 11.5. The van der Waals surface area contributed by atoms with Crippen LogP contribution in [-0.4, -0.2) is 75.2 Å². The number of aliphatic hydroxyl groups excluding tert-OH is 3. The Hall–Kier alpha value is -2.16. The molecule has 0 aromatic carbocycles. The van der Waals surface area contributed by atoms with Crippen molar-refractivity contribution in [1.82, 2.24) is 24.2 Å². The molecule has 0 radical (unpaired) electrons. The summed E-state index contributed by atoms with van der Waals surface area (Å²) in [4.78, 5) is 12.7. The van der Waals surface area contributed by atoms with Crippen LogP contribution in [0, 0.1) is 0 Å². The van der Waals surface area contributed by atoms with Gasteiger partial charge in [0.05, 0.1) is 19.5 Å². The standard InChI is InChI=1S/C14H20N6O6S.CH4/c1-3-27(24,25)17-4-8-18-12(15-2)9-13(19-8)20(6-16-9)14-11(23)10(22)7(5-21)26-14;/h3,6-7,10-11,14,17,21-23H,1,4-5H2,2H3,(H,15,18,19);1H4/t7-,10-,11-,14-;/m1./s1. The summed E-state index contributed by atoms with van der Waals surface area (Å²) >= 11 is 0. The number of aromatic nitrogens is 4. The van der Waals surface area contributed by atoms with E-state index >= 15 is 0 Å². The van der Waals surface area contributed by atoms with Crippen molar-refractivity contribution in [2.75, 3.05) is 19.0 Å². The molecule has 2 aromatic rings. The van der Waals surface area contributed by atoms with Crippen molar-refractivity contribution in [3.63, 3.8) is 0 Å². The quantitative estimate of drug-likeness (QED) is 0.364. The molecule has 1 saturated heterocycles. The van der Waals surface area contributed by atoms with Gasteiger partial charge in [-0.25, -0.2) is 28.1 Å². The molecular weight excluding hydrogens is 392 g/mol. The number of sulfonamides is 1. The number of hydrogen-bond acceptors (Lipinski definition) is 10. The first-order valence-electron chi connectivity index (χ1n) is 7.97. The molecule has 1 aliphatic rings. The third kappa shape index (κ3) is 3.99. The summed E-state index contributed by atoms with van der Waals surface area (Å²) in [6.07, 6.45) is -3.21. The number of ether oxygens (including phenoxy) is 1. The van der Waals surface area contributed by atoms with Gasteiger partial charge >= 0.3 is 0 Å². The van der Waals surface area contributed by atoms with Gasteiger partial charge in [-0.05, 0) is 0 Å². The summed E-state index contributed by atoms with van der Waals surface area (Å²) in [7, 11) is -2.05. The lowest BCUT2D eigenvalue weighted by Crippen LogP contribution is -2.33. The van der Waals surface area contributed by atoms with Gasteiger partial charge in [-0.2, -0.15) is 0 Å². The Morgan fingerprint density at radius 2 is 2.07 bits per heavy atom. The van der Waals surface area contributed by atoms with Gasteiger partial charge in [0, 0.05) is 12.5 Å². The molecule has 0 saturated carbocycles. The van der Waals surface area contributed by atoms with E-state index in [1.54, 1.807) is 7.05 Å². The molecule has 3 rings (SSSR count). The van der Waals surface area contributed by atoms with E-state index in [-0.39, 0.29) is 25.4 Å². The molecule has 28 heavy (non-hydrogen) atoms. The minimum absolute atomic E-state index is 0. The van der Waals surface area contributed by atoms with Crippen LogP contribution in [-0.2, 0) is 21.3 Å². The van der Waals surface area contributed by atoms with Crippen LogP contribution in [0.4, 0.5) is 5.82 Å². The normalized spacial score (nSPS) is 24.9. The van der Waals surface area contributed by atoms with Crippen LogP contribution >= 0.6 is 0 Å². The second kappa shape index (κ2) is 8.46. The second-order valence-corrected chi connectivity index (χ2v) is 7.54. The van der Waals surface area contributed by atoms with Crippen LogP contribution in [0.15, 0.2) is 18.3 Å². The lowest BCUT2D eigenvalue weighted by Gasteiger charge is -2.17. The number of hydrogen-bond donors (Lipinski definition) is 5. The van der Waals surface area contributed by atoms with Crippen molar-refractivity contribution < 1.29 is 28.5 Å². The fourth-order valence-corrected chi connectivity index (χ4v) is 3.18. The summed E-state index contributed by atoms with van der Waals surface area (Å²) in [5.41, 5.74) is 0.627. The summed E-state index contributed by atoms with van der Waals surface area (Å²) < 4.78 is 32.3. The maximum atomic E-state index is 11.5. The number of rotatable bonds is 7. The van der Waals surface area contributed by atoms with Gasteiger partial charge in [-0.3, -0.25) is 4.57 Å². The summed E-state index contributed by atoms with van der Waals surface area (Å²) in [6, 6.07) is 0. The van der Waals surface area contributed by atoms with E-state index in [1.165, 1.54) is 10.9 Å². The Bertz CT molecular complexity index is 948. The Balaban J connectivity index is 0.00000280. The highest BCUT2D eigenvalue weighted by Crippen LogP contribution is 2.32. The number of nitrogens with one attached hydrogen (secondary N) is 2. The Morgan fingerprint density at radius 1 is 1.36 bits per heavy atom. The first kappa shape index (κ1) is 22.1. The van der Waals surface area contributed by atoms with Crippen molar-refractivity contribution in [3.05, 3.63) is 24.1 Å². The molecule has 0 aliphatic carbocycles. The molecular formula is C15H24N6O6S. The number of fused-ring (bicyclic) bond motifs is 1. The van der Waals surface area contributed by atoms with E-state index < -0.39 is 41.2 Å². The SMILES string of the molecule is C.C=CS(=O)(=O)NCc1nc(NC)c2ncn([C@@H]3O[C@H](CO)[C@@H](O)[C@H]3O)c2n1. The number of aliphatic hydroxyl groups is 3. The fourth-order valence-electron chi connectivity index (χ4n) is 2.74. The van der Waals surface area contributed by atoms with Crippen LogP contribution in [0.3, 0.4) is 0 Å². The summed E-state index contributed by atoms with van der Waals surface area (Å²) in [5.74, 6) is 0.490. The predicted octanol–water partition coefficient (Wildman–Crippen LogP) is -1.32. The molecule has 2 aromatic heterocycles. The molecule has 0 amide bonds. The Morgan fingerprint density at radius 3 is 2.64 bits per heavy atom. The Kier molecular flexibility index (Phi) is 6.69. The topological polar surface area (TPSA) is 172 Å². The van der Waals surface area contributed by atoms with E-state index in [4.69, 9.17) is 4.74 Å². The number of nitrogens with zero attached hydrogens (tertiary/aromatic N) is 4. The number of anilines is 1. The highest BCUT2D eigenvalue weighted by Gasteiger charge is 2.44. The fraction of sp³-hybridized carbons (Fsp3) is 0.533. The van der Waals surface area contributed by atoms with Gasteiger partial charge in [0.1, 0.15) is 24.1 Å². The zero-order valence-electron chi connectivity index (χ0n) is 14.3. The van der Waals surface area contributed by atoms with Crippen molar-refractivity contribution in [1.29, 1.82) is 0 Å². The van der Waals surface area contributed by atoms with Crippen molar-refractivity contribution in [3.8, 4) is 0 Å². The van der Waals surface area contributed by atoms with Crippen LogP contribution in [0.2, 0.25) is 0 Å². The first-order chi connectivity index (χ1) is 12.8. The van der Waals surface area contributed by atoms with Gasteiger partial charge in [0.25, 0.3) is 0 Å². The molecule has 13 heteroatoms. The van der Waals surface area contributed by atoms with Gasteiger partial charge < -0.3 is 25.4 Å². The lowest BCUT2D eigenvalue weighted by molar-refractivity contribution is -0.0511. The summed E-state index contributed by atoms with van der Waals surface area (Å²) in [5, 5.41) is 33.1. The molecule has 1 fully saturated rings. The van der Waals surface area contributed by atoms with Crippen LogP contribution in [0.1, 0.15) is 19.5 Å². The van der Waals surface area contributed by atoms with Gasteiger partial charge in [-0.15, -0.1) is 0 Å². The first-order valence-corrected chi connectivity index (χ1v) is 9.51. The van der Waals surface area contributed by atoms with Gasteiger partial charge in [0.2, 0.25) is 10.0 Å². The van der Waals surface area contributed by atoms with E-state index in [2.05, 4.69) is 31.6 Å². The van der Waals surface area contributed by atoms with E-state index in [9.17, 15) is 23.7 Å². The average Bonchev–Trinajstić information content (AvgIpc) is 3.21. The second-order valence-electron chi connectivity index (χ2n) is 5.82. The lowest BCUT2D eigenvalue weighted by atomic mass is 10.1. The molecule has 156 valence electrons. The van der Waals surface area contributed by atoms with Crippen molar-refractivity contribution in [2.45, 2.75) is 38.5 Å². The molecule has 3 heterocycles. The van der Waals surface area contributed by atoms with E-state index in [1.807, 2.05) is 0 Å². The molecule has 12 nitrogen and oxygen atoms in total. The summed E-state index contributed by atoms with van der Waals surface area (Å²) in [6.45, 7) is 2.55. The Labute approximate surface area is 162 Å². The zero-order chi connectivity index (χ0) is 19.8. The van der Waals surface area contributed by atoms with E-state index in [0.29, 0.717) is 11.3 Å². The van der Waals surface area contributed by atoms with E-state index in [0.717, 1.165) is 5.41 Å². The highest BCUT2D eigenvalue weighted by molar-refractivity contribution is 7.92. The molecule has 4 atom stereocenters. The van der Waals surface area contributed by atoms with Crippen LogP contribution in [0.5, 0.6) is 0 Å². The molecule has 0 bridgehead atoms. The van der Waals surface area contributed by atoms with Crippen LogP contribution < -0.4 is 10.0 Å². The molecule has 0 spiro atoms.